The number of aldehydes is 1. The molecule has 1 aliphatic rings. The van der Waals surface area contributed by atoms with E-state index < -0.39 is 0 Å². The fourth-order valence-corrected chi connectivity index (χ4v) is 2.82. The molecule has 3 heterocycles. The molecular formula is C17H16N6O2. The number of aryl methyl sites for hydroxylation is 1. The Morgan fingerprint density at radius 2 is 1.88 bits per heavy atom. The Hall–Kier alpha value is -3.29. The summed E-state index contributed by atoms with van der Waals surface area (Å²) in [6, 6.07) is 6.87. The van der Waals surface area contributed by atoms with Gasteiger partial charge in [0.05, 0.1) is 6.54 Å². The molecule has 0 saturated carbocycles. The summed E-state index contributed by atoms with van der Waals surface area (Å²) in [6.45, 7) is 4.11. The molecule has 1 aliphatic heterocycles. The Bertz CT molecular complexity index is 906. The summed E-state index contributed by atoms with van der Waals surface area (Å²) in [4.78, 5) is 21.6. The zero-order chi connectivity index (χ0) is 17.2. The Kier molecular flexibility index (Phi) is 3.85. The van der Waals surface area contributed by atoms with Gasteiger partial charge in [0.25, 0.3) is 5.88 Å². The van der Waals surface area contributed by atoms with Crippen LogP contribution >= 0.6 is 0 Å². The molecule has 2 aromatic heterocycles. The molecule has 0 spiro atoms. The standard InChI is InChI=1S/C17H16N6O2/c1-12-20-21-15-10-22(8-9-23(12)15)16-17(19-7-6-18-16)25-14-4-2-13(11-24)3-5-14/h2-7,11H,8-10H2,1H3. The highest BCUT2D eigenvalue weighted by molar-refractivity contribution is 5.74. The van der Waals surface area contributed by atoms with Crippen LogP contribution < -0.4 is 9.64 Å². The van der Waals surface area contributed by atoms with Gasteiger partial charge in [-0.2, -0.15) is 0 Å². The number of carbonyl (C=O) groups excluding carboxylic acids is 1. The summed E-state index contributed by atoms with van der Waals surface area (Å²) in [6.07, 6.45) is 4.03. The first-order valence-electron chi connectivity index (χ1n) is 7.92. The number of aromatic nitrogens is 5. The summed E-state index contributed by atoms with van der Waals surface area (Å²) in [5.41, 5.74) is 0.595. The van der Waals surface area contributed by atoms with Crippen molar-refractivity contribution in [3.8, 4) is 11.6 Å². The highest BCUT2D eigenvalue weighted by Crippen LogP contribution is 2.30. The molecular weight excluding hydrogens is 320 g/mol. The van der Waals surface area contributed by atoms with E-state index in [9.17, 15) is 4.79 Å². The average molecular weight is 336 g/mol. The van der Waals surface area contributed by atoms with Gasteiger partial charge in [0.2, 0.25) is 0 Å². The smallest absolute Gasteiger partial charge is 0.263 e. The molecule has 0 fully saturated rings. The van der Waals surface area contributed by atoms with Crippen LogP contribution in [0.1, 0.15) is 22.0 Å². The maximum absolute atomic E-state index is 10.8. The van der Waals surface area contributed by atoms with Gasteiger partial charge in [-0.05, 0) is 31.2 Å². The van der Waals surface area contributed by atoms with E-state index in [2.05, 4.69) is 29.6 Å². The van der Waals surface area contributed by atoms with Crippen molar-refractivity contribution >= 4 is 12.1 Å². The molecule has 0 amide bonds. The highest BCUT2D eigenvalue weighted by atomic mass is 16.5. The lowest BCUT2D eigenvalue weighted by Gasteiger charge is -2.29. The lowest BCUT2D eigenvalue weighted by Crippen LogP contribution is -2.35. The number of carbonyl (C=O) groups is 1. The van der Waals surface area contributed by atoms with E-state index in [0.717, 1.165) is 31.0 Å². The molecule has 0 radical (unpaired) electrons. The molecule has 0 aliphatic carbocycles. The Morgan fingerprint density at radius 1 is 1.08 bits per heavy atom. The quantitative estimate of drug-likeness (QED) is 0.674. The second-order valence-electron chi connectivity index (χ2n) is 5.71. The van der Waals surface area contributed by atoms with Crippen LogP contribution in [0.3, 0.4) is 0 Å². The number of hydrogen-bond acceptors (Lipinski definition) is 7. The number of anilines is 1. The zero-order valence-corrected chi connectivity index (χ0v) is 13.7. The van der Waals surface area contributed by atoms with Gasteiger partial charge in [-0.25, -0.2) is 9.97 Å². The van der Waals surface area contributed by atoms with E-state index in [4.69, 9.17) is 4.74 Å². The average Bonchev–Trinajstić information content (AvgIpc) is 3.03. The predicted molar refractivity (Wildman–Crippen MR) is 89.7 cm³/mol. The van der Waals surface area contributed by atoms with Crippen molar-refractivity contribution in [3.63, 3.8) is 0 Å². The van der Waals surface area contributed by atoms with Gasteiger partial charge in [-0.15, -0.1) is 10.2 Å². The van der Waals surface area contributed by atoms with Crippen LogP contribution in [0.15, 0.2) is 36.7 Å². The predicted octanol–water partition coefficient (Wildman–Crippen LogP) is 2.00. The van der Waals surface area contributed by atoms with Crippen molar-refractivity contribution in [2.45, 2.75) is 20.0 Å². The topological polar surface area (TPSA) is 86.0 Å². The Balaban J connectivity index is 1.59. The lowest BCUT2D eigenvalue weighted by molar-refractivity contribution is 0.112. The van der Waals surface area contributed by atoms with Gasteiger partial charge >= 0.3 is 0 Å². The van der Waals surface area contributed by atoms with E-state index in [-0.39, 0.29) is 0 Å². The van der Waals surface area contributed by atoms with Crippen LogP contribution in [-0.2, 0) is 13.1 Å². The molecule has 25 heavy (non-hydrogen) atoms. The van der Waals surface area contributed by atoms with E-state index in [1.54, 1.807) is 36.7 Å². The molecule has 0 atom stereocenters. The van der Waals surface area contributed by atoms with Gasteiger partial charge in [0.15, 0.2) is 11.6 Å². The lowest BCUT2D eigenvalue weighted by atomic mass is 10.2. The Labute approximate surface area is 144 Å². The number of rotatable bonds is 4. The zero-order valence-electron chi connectivity index (χ0n) is 13.7. The minimum Gasteiger partial charge on any atom is -0.436 e. The number of benzene rings is 1. The third-order valence-electron chi connectivity index (χ3n) is 4.11. The van der Waals surface area contributed by atoms with Crippen molar-refractivity contribution in [1.82, 2.24) is 24.7 Å². The first-order valence-corrected chi connectivity index (χ1v) is 7.92. The highest BCUT2D eigenvalue weighted by Gasteiger charge is 2.23. The summed E-state index contributed by atoms with van der Waals surface area (Å²) >= 11 is 0. The van der Waals surface area contributed by atoms with Gasteiger partial charge in [-0.3, -0.25) is 4.79 Å². The normalized spacial score (nSPS) is 13.4. The van der Waals surface area contributed by atoms with Crippen molar-refractivity contribution in [2.24, 2.45) is 0 Å². The van der Waals surface area contributed by atoms with Gasteiger partial charge in [0.1, 0.15) is 17.9 Å². The molecule has 4 rings (SSSR count). The Morgan fingerprint density at radius 3 is 2.68 bits per heavy atom. The van der Waals surface area contributed by atoms with Crippen molar-refractivity contribution in [2.75, 3.05) is 11.4 Å². The molecule has 8 nitrogen and oxygen atoms in total. The van der Waals surface area contributed by atoms with Crippen molar-refractivity contribution in [3.05, 3.63) is 53.9 Å². The molecule has 0 unspecified atom stereocenters. The van der Waals surface area contributed by atoms with E-state index >= 15 is 0 Å². The maximum atomic E-state index is 10.8. The first-order chi connectivity index (χ1) is 12.2. The summed E-state index contributed by atoms with van der Waals surface area (Å²) in [5.74, 6) is 3.50. The van der Waals surface area contributed by atoms with Gasteiger partial charge < -0.3 is 14.2 Å². The maximum Gasteiger partial charge on any atom is 0.263 e. The molecule has 126 valence electrons. The molecule has 0 bridgehead atoms. The molecule has 0 saturated heterocycles. The van der Waals surface area contributed by atoms with E-state index in [1.165, 1.54) is 0 Å². The van der Waals surface area contributed by atoms with Crippen LogP contribution in [0.2, 0.25) is 0 Å². The minimum atomic E-state index is 0.422. The summed E-state index contributed by atoms with van der Waals surface area (Å²) in [7, 11) is 0. The minimum absolute atomic E-state index is 0.422. The molecule has 8 heteroatoms. The fraction of sp³-hybridized carbons (Fsp3) is 0.235. The third kappa shape index (κ3) is 2.93. The van der Waals surface area contributed by atoms with Crippen LogP contribution in [0.25, 0.3) is 0 Å². The number of nitrogens with zero attached hydrogens (tertiary/aromatic N) is 6. The number of fused-ring (bicyclic) bond motifs is 1. The first kappa shape index (κ1) is 15.3. The SMILES string of the molecule is Cc1nnc2n1CCN(c1nccnc1Oc1ccc(C=O)cc1)C2. The summed E-state index contributed by atoms with van der Waals surface area (Å²) < 4.78 is 7.98. The second kappa shape index (κ2) is 6.31. The summed E-state index contributed by atoms with van der Waals surface area (Å²) in [5, 5.41) is 8.34. The molecule has 0 N–H and O–H groups in total. The third-order valence-corrected chi connectivity index (χ3v) is 4.11. The fourth-order valence-electron chi connectivity index (χ4n) is 2.82. The molecule has 3 aromatic rings. The monoisotopic (exact) mass is 336 g/mol. The van der Waals surface area contributed by atoms with Crippen molar-refractivity contribution < 1.29 is 9.53 Å². The largest absolute Gasteiger partial charge is 0.436 e. The van der Waals surface area contributed by atoms with E-state index in [0.29, 0.717) is 29.6 Å². The van der Waals surface area contributed by atoms with Crippen LogP contribution in [0, 0.1) is 6.92 Å². The second-order valence-corrected chi connectivity index (χ2v) is 5.71. The van der Waals surface area contributed by atoms with E-state index in [1.807, 2.05) is 6.92 Å². The van der Waals surface area contributed by atoms with Crippen LogP contribution in [-0.4, -0.2) is 37.6 Å². The number of ether oxygens (including phenoxy) is 1. The van der Waals surface area contributed by atoms with Crippen LogP contribution in [0.4, 0.5) is 5.82 Å². The number of hydrogen-bond donors (Lipinski definition) is 0. The van der Waals surface area contributed by atoms with Crippen molar-refractivity contribution in [1.29, 1.82) is 0 Å². The van der Waals surface area contributed by atoms with Crippen LogP contribution in [0.5, 0.6) is 11.6 Å². The van der Waals surface area contributed by atoms with Gasteiger partial charge in [0, 0.05) is 31.0 Å². The molecule has 1 aromatic carbocycles. The van der Waals surface area contributed by atoms with Gasteiger partial charge in [-0.1, -0.05) is 0 Å².